The molecule has 0 aliphatic carbocycles. The Morgan fingerprint density at radius 1 is 1.20 bits per heavy atom. The van der Waals surface area contributed by atoms with E-state index in [0.29, 0.717) is 38.8 Å². The molecule has 1 aromatic carbocycles. The van der Waals surface area contributed by atoms with Crippen LogP contribution in [0.2, 0.25) is 0 Å². The van der Waals surface area contributed by atoms with Crippen LogP contribution in [0.25, 0.3) is 10.9 Å². The SMILES string of the molecule is O=C(CC1CSC(c2cc3cccc(NC4CCOCC4)c3[nH]2)=N1)N1CCOCC1. The molecule has 1 aromatic heterocycles. The zero-order chi connectivity index (χ0) is 20.3. The van der Waals surface area contributed by atoms with Gasteiger partial charge < -0.3 is 24.7 Å². The summed E-state index contributed by atoms with van der Waals surface area (Å²) >= 11 is 1.74. The minimum absolute atomic E-state index is 0.0478. The monoisotopic (exact) mass is 428 g/mol. The number of rotatable bonds is 5. The number of thioether (sulfide) groups is 1. The number of aliphatic imine (C=N–C) groups is 1. The first kappa shape index (κ1) is 19.9. The Morgan fingerprint density at radius 3 is 2.83 bits per heavy atom. The molecule has 0 spiro atoms. The lowest BCUT2D eigenvalue weighted by molar-refractivity contribution is -0.135. The largest absolute Gasteiger partial charge is 0.381 e. The first-order valence-electron chi connectivity index (χ1n) is 10.8. The fourth-order valence-corrected chi connectivity index (χ4v) is 5.30. The van der Waals surface area contributed by atoms with Crippen molar-refractivity contribution in [2.75, 3.05) is 50.6 Å². The van der Waals surface area contributed by atoms with Crippen molar-refractivity contribution in [2.24, 2.45) is 4.99 Å². The highest BCUT2D eigenvalue weighted by atomic mass is 32.2. The third kappa shape index (κ3) is 4.36. The van der Waals surface area contributed by atoms with E-state index in [1.54, 1.807) is 11.8 Å². The number of aromatic amines is 1. The van der Waals surface area contributed by atoms with Gasteiger partial charge in [-0.05, 0) is 25.0 Å². The molecule has 1 unspecified atom stereocenters. The summed E-state index contributed by atoms with van der Waals surface area (Å²) in [4.78, 5) is 22.9. The molecular formula is C22H28N4O3S. The summed E-state index contributed by atoms with van der Waals surface area (Å²) in [6.45, 7) is 4.31. The van der Waals surface area contributed by atoms with Gasteiger partial charge in [-0.1, -0.05) is 12.1 Å². The molecule has 5 rings (SSSR count). The standard InChI is InChI=1S/C22H28N4O3S/c27-20(26-6-10-29-11-7-26)13-17-14-30-22(24-17)19-12-15-2-1-3-18(21(15)25-19)23-16-4-8-28-9-5-16/h1-3,12,16-17,23,25H,4-11,13-14H2. The van der Waals surface area contributed by atoms with Crippen molar-refractivity contribution in [3.05, 3.63) is 30.0 Å². The molecule has 2 fully saturated rings. The summed E-state index contributed by atoms with van der Waals surface area (Å²) in [6.07, 6.45) is 2.55. The minimum atomic E-state index is 0.0478. The molecule has 0 bridgehead atoms. The van der Waals surface area contributed by atoms with E-state index >= 15 is 0 Å². The van der Waals surface area contributed by atoms with E-state index in [1.165, 1.54) is 5.39 Å². The van der Waals surface area contributed by atoms with Crippen LogP contribution in [-0.2, 0) is 14.3 Å². The summed E-state index contributed by atoms with van der Waals surface area (Å²) in [5.41, 5.74) is 3.29. The van der Waals surface area contributed by atoms with E-state index in [9.17, 15) is 4.79 Å². The summed E-state index contributed by atoms with van der Waals surface area (Å²) < 4.78 is 10.8. The Morgan fingerprint density at radius 2 is 2.00 bits per heavy atom. The molecule has 7 nitrogen and oxygen atoms in total. The van der Waals surface area contributed by atoms with Crippen LogP contribution in [0.5, 0.6) is 0 Å². The van der Waals surface area contributed by atoms with E-state index in [2.05, 4.69) is 34.6 Å². The topological polar surface area (TPSA) is 78.9 Å². The van der Waals surface area contributed by atoms with Gasteiger partial charge in [-0.2, -0.15) is 0 Å². The van der Waals surface area contributed by atoms with Crippen molar-refractivity contribution in [3.63, 3.8) is 0 Å². The molecule has 1 atom stereocenters. The molecule has 4 heterocycles. The normalized spacial score (nSPS) is 23.0. The average Bonchev–Trinajstić information content (AvgIpc) is 3.42. The molecule has 0 saturated carbocycles. The van der Waals surface area contributed by atoms with Gasteiger partial charge in [0.1, 0.15) is 5.04 Å². The van der Waals surface area contributed by atoms with Gasteiger partial charge in [0.2, 0.25) is 5.91 Å². The molecule has 160 valence electrons. The van der Waals surface area contributed by atoms with Crippen LogP contribution >= 0.6 is 11.8 Å². The third-order valence-corrected chi connectivity index (χ3v) is 7.10. The molecular weight excluding hydrogens is 400 g/mol. The number of nitrogens with zero attached hydrogens (tertiary/aromatic N) is 2. The van der Waals surface area contributed by atoms with Gasteiger partial charge in [0.15, 0.2) is 0 Å². The highest BCUT2D eigenvalue weighted by Gasteiger charge is 2.26. The second-order valence-electron chi connectivity index (χ2n) is 8.08. The Balaban J connectivity index is 1.29. The van der Waals surface area contributed by atoms with Gasteiger partial charge in [-0.25, -0.2) is 0 Å². The third-order valence-electron chi connectivity index (χ3n) is 5.95. The van der Waals surface area contributed by atoms with Crippen molar-refractivity contribution < 1.29 is 14.3 Å². The molecule has 2 aromatic rings. The lowest BCUT2D eigenvalue weighted by Crippen LogP contribution is -2.41. The van der Waals surface area contributed by atoms with E-state index in [1.807, 2.05) is 4.90 Å². The van der Waals surface area contributed by atoms with Gasteiger partial charge in [-0.15, -0.1) is 11.8 Å². The van der Waals surface area contributed by atoms with Crippen LogP contribution in [-0.4, -0.2) is 78.2 Å². The summed E-state index contributed by atoms with van der Waals surface area (Å²) in [6, 6.07) is 9.02. The quantitative estimate of drug-likeness (QED) is 0.766. The summed E-state index contributed by atoms with van der Waals surface area (Å²) in [7, 11) is 0. The number of aromatic nitrogens is 1. The molecule has 0 radical (unpaired) electrons. The molecule has 1 amide bonds. The molecule has 3 aliphatic heterocycles. The van der Waals surface area contributed by atoms with Gasteiger partial charge in [-0.3, -0.25) is 9.79 Å². The number of benzene rings is 1. The number of anilines is 1. The first-order chi connectivity index (χ1) is 14.8. The number of ether oxygens (including phenoxy) is 2. The minimum Gasteiger partial charge on any atom is -0.381 e. The number of para-hydroxylation sites is 1. The Bertz CT molecular complexity index is 932. The number of carbonyl (C=O) groups is 1. The maximum absolute atomic E-state index is 12.5. The van der Waals surface area contributed by atoms with Crippen molar-refractivity contribution in [2.45, 2.75) is 31.3 Å². The highest BCUT2D eigenvalue weighted by molar-refractivity contribution is 8.14. The van der Waals surface area contributed by atoms with Crippen molar-refractivity contribution in [1.82, 2.24) is 9.88 Å². The van der Waals surface area contributed by atoms with Gasteiger partial charge in [0, 0.05) is 43.5 Å². The van der Waals surface area contributed by atoms with Crippen LogP contribution in [0.15, 0.2) is 29.3 Å². The van der Waals surface area contributed by atoms with Gasteiger partial charge in [0.25, 0.3) is 0 Å². The van der Waals surface area contributed by atoms with E-state index in [4.69, 9.17) is 14.5 Å². The Labute approximate surface area is 180 Å². The zero-order valence-electron chi connectivity index (χ0n) is 17.1. The molecule has 2 saturated heterocycles. The number of H-pyrrole nitrogens is 1. The lowest BCUT2D eigenvalue weighted by atomic mass is 10.1. The highest BCUT2D eigenvalue weighted by Crippen LogP contribution is 2.30. The Kier molecular flexibility index (Phi) is 5.97. The molecule has 3 aliphatic rings. The number of morpholine rings is 1. The number of carbonyl (C=O) groups excluding carboxylic acids is 1. The lowest BCUT2D eigenvalue weighted by Gasteiger charge is -2.27. The smallest absolute Gasteiger partial charge is 0.224 e. The zero-order valence-corrected chi connectivity index (χ0v) is 17.9. The number of hydrogen-bond acceptors (Lipinski definition) is 6. The van der Waals surface area contributed by atoms with Crippen LogP contribution in [0.4, 0.5) is 5.69 Å². The van der Waals surface area contributed by atoms with Crippen molar-refractivity contribution >= 4 is 39.3 Å². The summed E-state index contributed by atoms with van der Waals surface area (Å²) in [5, 5.41) is 5.86. The van der Waals surface area contributed by atoms with Gasteiger partial charge >= 0.3 is 0 Å². The average molecular weight is 429 g/mol. The predicted molar refractivity (Wildman–Crippen MR) is 121 cm³/mol. The van der Waals surface area contributed by atoms with Gasteiger partial charge in [0.05, 0.1) is 42.6 Å². The van der Waals surface area contributed by atoms with Crippen LogP contribution in [0, 0.1) is 0 Å². The number of nitrogens with one attached hydrogen (secondary N) is 2. The van der Waals surface area contributed by atoms with Crippen LogP contribution in [0.1, 0.15) is 25.0 Å². The fraction of sp³-hybridized carbons (Fsp3) is 0.545. The van der Waals surface area contributed by atoms with Crippen LogP contribution in [0.3, 0.4) is 0 Å². The molecule has 2 N–H and O–H groups in total. The Hall–Kier alpha value is -2.03. The van der Waals surface area contributed by atoms with E-state index in [-0.39, 0.29) is 11.9 Å². The van der Waals surface area contributed by atoms with Crippen LogP contribution < -0.4 is 5.32 Å². The second-order valence-corrected chi connectivity index (χ2v) is 9.09. The van der Waals surface area contributed by atoms with E-state index in [0.717, 1.165) is 53.7 Å². The fourth-order valence-electron chi connectivity index (χ4n) is 4.26. The maximum Gasteiger partial charge on any atom is 0.224 e. The van der Waals surface area contributed by atoms with Crippen molar-refractivity contribution in [3.8, 4) is 0 Å². The van der Waals surface area contributed by atoms with Crippen molar-refractivity contribution in [1.29, 1.82) is 0 Å². The number of amides is 1. The van der Waals surface area contributed by atoms with E-state index < -0.39 is 0 Å². The predicted octanol–water partition coefficient (Wildman–Crippen LogP) is 2.87. The molecule has 30 heavy (non-hydrogen) atoms. The number of fused-ring (bicyclic) bond motifs is 1. The maximum atomic E-state index is 12.5. The first-order valence-corrected chi connectivity index (χ1v) is 11.8. The number of hydrogen-bond donors (Lipinski definition) is 2. The second kappa shape index (κ2) is 8.99. The molecule has 8 heteroatoms. The summed E-state index contributed by atoms with van der Waals surface area (Å²) in [5.74, 6) is 1.04.